The summed E-state index contributed by atoms with van der Waals surface area (Å²) in [7, 11) is 1.64. The monoisotopic (exact) mass is 403 g/mol. The minimum atomic E-state index is -0.326. The average Bonchev–Trinajstić information content (AvgIpc) is 2.78. The molecule has 3 aromatic carbocycles. The Balaban J connectivity index is 1.64. The van der Waals surface area contributed by atoms with Crippen LogP contribution in [-0.2, 0) is 4.79 Å². The summed E-state index contributed by atoms with van der Waals surface area (Å²) >= 11 is 0. The molecule has 6 nitrogen and oxygen atoms in total. The van der Waals surface area contributed by atoms with Crippen LogP contribution in [0.3, 0.4) is 0 Å². The van der Waals surface area contributed by atoms with Gasteiger partial charge in [0.25, 0.3) is 5.91 Å². The van der Waals surface area contributed by atoms with Gasteiger partial charge in [-0.15, -0.1) is 0 Å². The van der Waals surface area contributed by atoms with Gasteiger partial charge in [-0.05, 0) is 48.2 Å². The second-order valence-electron chi connectivity index (χ2n) is 6.83. The Labute approximate surface area is 175 Å². The summed E-state index contributed by atoms with van der Waals surface area (Å²) in [6.45, 7) is 2.04. The van der Waals surface area contributed by atoms with Gasteiger partial charge in [0.2, 0.25) is 5.91 Å². The standard InChI is InChI=1S/C24H25N3O3/c1-3-4-9-23(28)26-19-13-10-17(11-14-19)24(29)27-25-16-18-12-15-22(30-2)21-8-6-5-7-20(18)21/h5-8,10-16H,3-4,9H2,1-2H3,(H,26,28)(H,27,29)/b25-16+. The van der Waals surface area contributed by atoms with Crippen LogP contribution in [0.25, 0.3) is 10.8 Å². The van der Waals surface area contributed by atoms with E-state index in [9.17, 15) is 9.59 Å². The summed E-state index contributed by atoms with van der Waals surface area (Å²) in [6.07, 6.45) is 3.93. The number of carbonyl (C=O) groups excluding carboxylic acids is 2. The lowest BCUT2D eigenvalue weighted by Crippen LogP contribution is -2.17. The highest BCUT2D eigenvalue weighted by molar-refractivity contribution is 6.03. The van der Waals surface area contributed by atoms with Gasteiger partial charge in [0, 0.05) is 28.6 Å². The molecule has 30 heavy (non-hydrogen) atoms. The number of rotatable bonds is 8. The van der Waals surface area contributed by atoms with E-state index in [0.717, 1.165) is 34.9 Å². The number of anilines is 1. The number of benzene rings is 3. The van der Waals surface area contributed by atoms with Crippen molar-refractivity contribution in [2.75, 3.05) is 12.4 Å². The molecule has 0 saturated heterocycles. The second-order valence-corrected chi connectivity index (χ2v) is 6.83. The Morgan fingerprint density at radius 3 is 2.43 bits per heavy atom. The van der Waals surface area contributed by atoms with E-state index in [4.69, 9.17) is 4.74 Å². The molecule has 0 spiro atoms. The van der Waals surface area contributed by atoms with Gasteiger partial charge in [-0.25, -0.2) is 5.43 Å². The van der Waals surface area contributed by atoms with Gasteiger partial charge in [-0.3, -0.25) is 9.59 Å². The minimum absolute atomic E-state index is 0.0228. The molecule has 0 aliphatic heterocycles. The molecular weight excluding hydrogens is 378 g/mol. The van der Waals surface area contributed by atoms with Gasteiger partial charge in [0.05, 0.1) is 13.3 Å². The highest BCUT2D eigenvalue weighted by atomic mass is 16.5. The van der Waals surface area contributed by atoms with E-state index in [2.05, 4.69) is 15.8 Å². The highest BCUT2D eigenvalue weighted by Gasteiger charge is 2.07. The molecule has 0 saturated carbocycles. The van der Waals surface area contributed by atoms with Crippen molar-refractivity contribution in [2.24, 2.45) is 5.10 Å². The van der Waals surface area contributed by atoms with Crippen molar-refractivity contribution in [2.45, 2.75) is 26.2 Å². The van der Waals surface area contributed by atoms with E-state index >= 15 is 0 Å². The lowest BCUT2D eigenvalue weighted by molar-refractivity contribution is -0.116. The van der Waals surface area contributed by atoms with Gasteiger partial charge in [-0.1, -0.05) is 37.6 Å². The van der Waals surface area contributed by atoms with Crippen molar-refractivity contribution in [3.63, 3.8) is 0 Å². The summed E-state index contributed by atoms with van der Waals surface area (Å²) in [5, 5.41) is 8.88. The van der Waals surface area contributed by atoms with E-state index in [1.54, 1.807) is 37.6 Å². The maximum Gasteiger partial charge on any atom is 0.271 e. The first-order valence-electron chi connectivity index (χ1n) is 9.91. The minimum Gasteiger partial charge on any atom is -0.496 e. The predicted octanol–water partition coefficient (Wildman–Crippen LogP) is 4.74. The van der Waals surface area contributed by atoms with Gasteiger partial charge in [-0.2, -0.15) is 5.10 Å². The topological polar surface area (TPSA) is 79.8 Å². The molecule has 2 amide bonds. The van der Waals surface area contributed by atoms with Crippen LogP contribution in [0.2, 0.25) is 0 Å². The fourth-order valence-electron chi connectivity index (χ4n) is 3.08. The van der Waals surface area contributed by atoms with Crippen molar-refractivity contribution in [3.05, 3.63) is 71.8 Å². The number of amides is 2. The normalized spacial score (nSPS) is 10.9. The molecule has 154 valence electrons. The Morgan fingerprint density at radius 2 is 1.73 bits per heavy atom. The van der Waals surface area contributed by atoms with Gasteiger partial charge < -0.3 is 10.1 Å². The third-order valence-electron chi connectivity index (χ3n) is 4.70. The molecule has 0 aromatic heterocycles. The van der Waals surface area contributed by atoms with Crippen LogP contribution < -0.4 is 15.5 Å². The zero-order chi connectivity index (χ0) is 21.3. The van der Waals surface area contributed by atoms with Crippen LogP contribution in [0.15, 0.2) is 65.8 Å². The number of unbranched alkanes of at least 4 members (excludes halogenated alkanes) is 1. The molecule has 0 radical (unpaired) electrons. The number of carbonyl (C=O) groups is 2. The number of hydrogen-bond acceptors (Lipinski definition) is 4. The van der Waals surface area contributed by atoms with Crippen molar-refractivity contribution in [1.82, 2.24) is 5.43 Å². The molecule has 6 heteroatoms. The summed E-state index contributed by atoms with van der Waals surface area (Å²) < 4.78 is 5.40. The Hall–Kier alpha value is -3.67. The largest absolute Gasteiger partial charge is 0.496 e. The first kappa shape index (κ1) is 21.0. The molecule has 0 atom stereocenters. The van der Waals surface area contributed by atoms with Crippen LogP contribution in [-0.4, -0.2) is 25.1 Å². The van der Waals surface area contributed by atoms with Crippen molar-refractivity contribution >= 4 is 34.5 Å². The fourth-order valence-corrected chi connectivity index (χ4v) is 3.08. The molecule has 0 heterocycles. The van der Waals surface area contributed by atoms with E-state index < -0.39 is 0 Å². The Bertz CT molecular complexity index is 1060. The number of fused-ring (bicyclic) bond motifs is 1. The molecule has 0 unspecified atom stereocenters. The number of methoxy groups -OCH3 is 1. The summed E-state index contributed by atoms with van der Waals surface area (Å²) in [4.78, 5) is 24.1. The van der Waals surface area contributed by atoms with Crippen LogP contribution in [0.5, 0.6) is 5.75 Å². The van der Waals surface area contributed by atoms with E-state index in [-0.39, 0.29) is 11.8 Å². The zero-order valence-electron chi connectivity index (χ0n) is 17.1. The predicted molar refractivity (Wildman–Crippen MR) is 120 cm³/mol. The van der Waals surface area contributed by atoms with E-state index in [1.807, 2.05) is 43.3 Å². The van der Waals surface area contributed by atoms with Crippen LogP contribution in [0.1, 0.15) is 42.1 Å². The summed E-state index contributed by atoms with van der Waals surface area (Å²) in [6, 6.07) is 18.3. The van der Waals surface area contributed by atoms with Gasteiger partial charge in [0.1, 0.15) is 5.75 Å². The summed E-state index contributed by atoms with van der Waals surface area (Å²) in [5.41, 5.74) is 4.54. The quantitative estimate of drug-likeness (QED) is 0.421. The molecule has 0 aliphatic carbocycles. The van der Waals surface area contributed by atoms with Crippen LogP contribution in [0, 0.1) is 0 Å². The third kappa shape index (κ3) is 5.23. The SMILES string of the molecule is CCCCC(=O)Nc1ccc(C(=O)N/N=C/c2ccc(OC)c3ccccc23)cc1. The van der Waals surface area contributed by atoms with E-state index in [0.29, 0.717) is 17.7 Å². The number of ether oxygens (including phenoxy) is 1. The van der Waals surface area contributed by atoms with Crippen LogP contribution >= 0.6 is 0 Å². The maximum atomic E-state index is 12.3. The van der Waals surface area contributed by atoms with Gasteiger partial charge >= 0.3 is 0 Å². The van der Waals surface area contributed by atoms with Gasteiger partial charge in [0.15, 0.2) is 0 Å². The number of hydrazone groups is 1. The second kappa shape index (κ2) is 10.2. The molecule has 0 bridgehead atoms. The smallest absolute Gasteiger partial charge is 0.271 e. The lowest BCUT2D eigenvalue weighted by atomic mass is 10.0. The molecule has 3 aromatic rings. The highest BCUT2D eigenvalue weighted by Crippen LogP contribution is 2.27. The van der Waals surface area contributed by atoms with Crippen LogP contribution in [0.4, 0.5) is 5.69 Å². The third-order valence-corrected chi connectivity index (χ3v) is 4.70. The number of nitrogens with one attached hydrogen (secondary N) is 2. The molecule has 0 aliphatic rings. The molecule has 2 N–H and O–H groups in total. The Morgan fingerprint density at radius 1 is 1.00 bits per heavy atom. The van der Waals surface area contributed by atoms with Crippen molar-refractivity contribution in [3.8, 4) is 5.75 Å². The zero-order valence-corrected chi connectivity index (χ0v) is 17.1. The molecule has 3 rings (SSSR count). The fraction of sp³-hybridized carbons (Fsp3) is 0.208. The van der Waals surface area contributed by atoms with Crippen molar-refractivity contribution < 1.29 is 14.3 Å². The lowest BCUT2D eigenvalue weighted by Gasteiger charge is -2.08. The van der Waals surface area contributed by atoms with E-state index in [1.165, 1.54) is 0 Å². The number of hydrogen-bond donors (Lipinski definition) is 2. The first-order chi connectivity index (χ1) is 14.6. The number of nitrogens with zero attached hydrogens (tertiary/aromatic N) is 1. The average molecular weight is 403 g/mol. The maximum absolute atomic E-state index is 12.3. The Kier molecular flexibility index (Phi) is 7.16. The molecule has 0 fully saturated rings. The summed E-state index contributed by atoms with van der Waals surface area (Å²) in [5.74, 6) is 0.437. The first-order valence-corrected chi connectivity index (χ1v) is 9.91. The molecular formula is C24H25N3O3. The van der Waals surface area contributed by atoms with Crippen molar-refractivity contribution in [1.29, 1.82) is 0 Å².